The van der Waals surface area contributed by atoms with Crippen molar-refractivity contribution in [2.45, 2.75) is 77.2 Å². The monoisotopic (exact) mass is 266 g/mol. The lowest BCUT2D eigenvalue weighted by Gasteiger charge is -2.42. The van der Waals surface area contributed by atoms with E-state index in [1.54, 1.807) is 0 Å². The Balaban J connectivity index is 2.02. The number of hydrogen-bond acceptors (Lipinski definition) is 2. The van der Waals surface area contributed by atoms with Crippen molar-refractivity contribution in [2.24, 2.45) is 17.1 Å². The number of rotatable bonds is 3. The molecule has 3 nitrogen and oxygen atoms in total. The van der Waals surface area contributed by atoms with Crippen molar-refractivity contribution in [2.75, 3.05) is 6.54 Å². The van der Waals surface area contributed by atoms with E-state index < -0.39 is 0 Å². The number of amides is 1. The molecule has 3 heteroatoms. The highest BCUT2D eigenvalue weighted by molar-refractivity contribution is 5.80. The number of carbonyl (C=O) groups is 1. The molecule has 0 spiro atoms. The fourth-order valence-corrected chi connectivity index (χ4v) is 3.94. The van der Waals surface area contributed by atoms with Crippen LogP contribution in [0, 0.1) is 11.3 Å². The van der Waals surface area contributed by atoms with Gasteiger partial charge >= 0.3 is 0 Å². The maximum atomic E-state index is 12.7. The molecule has 1 atom stereocenters. The topological polar surface area (TPSA) is 55.1 Å². The Morgan fingerprint density at radius 2 is 1.74 bits per heavy atom. The zero-order chi connectivity index (χ0) is 13.9. The Morgan fingerprint density at radius 3 is 2.32 bits per heavy atom. The molecule has 0 radical (unpaired) electrons. The van der Waals surface area contributed by atoms with Crippen LogP contribution in [0.3, 0.4) is 0 Å². The standard InChI is InChI=1S/C16H30N2O/c1-15(2)9-7-4-8-13(15)14(19)18-16(12-17)10-5-3-6-11-16/h13H,3-12,17H2,1-2H3,(H,18,19). The van der Waals surface area contributed by atoms with E-state index >= 15 is 0 Å². The molecule has 1 amide bonds. The smallest absolute Gasteiger partial charge is 0.224 e. The van der Waals surface area contributed by atoms with Gasteiger partial charge in [-0.2, -0.15) is 0 Å². The largest absolute Gasteiger partial charge is 0.349 e. The molecular formula is C16H30N2O. The first-order valence-electron chi connectivity index (χ1n) is 8.01. The van der Waals surface area contributed by atoms with E-state index in [0.717, 1.165) is 19.3 Å². The summed E-state index contributed by atoms with van der Waals surface area (Å²) in [5.41, 5.74) is 6.01. The van der Waals surface area contributed by atoms with E-state index in [1.807, 2.05) is 0 Å². The van der Waals surface area contributed by atoms with Gasteiger partial charge in [-0.25, -0.2) is 0 Å². The number of nitrogens with one attached hydrogen (secondary N) is 1. The van der Waals surface area contributed by atoms with Crippen LogP contribution < -0.4 is 11.1 Å². The van der Waals surface area contributed by atoms with Gasteiger partial charge < -0.3 is 11.1 Å². The van der Waals surface area contributed by atoms with E-state index in [4.69, 9.17) is 5.73 Å². The Hall–Kier alpha value is -0.570. The highest BCUT2D eigenvalue weighted by Crippen LogP contribution is 2.41. The summed E-state index contributed by atoms with van der Waals surface area (Å²) in [7, 11) is 0. The van der Waals surface area contributed by atoms with Gasteiger partial charge in [-0.3, -0.25) is 4.79 Å². The minimum atomic E-state index is -0.108. The molecule has 2 aliphatic rings. The number of hydrogen-bond donors (Lipinski definition) is 2. The Kier molecular flexibility index (Phi) is 4.54. The first kappa shape index (κ1) is 14.8. The molecule has 0 aliphatic heterocycles. The zero-order valence-electron chi connectivity index (χ0n) is 12.6. The van der Waals surface area contributed by atoms with Crippen LogP contribution in [0.15, 0.2) is 0 Å². The number of carbonyl (C=O) groups excluding carboxylic acids is 1. The molecule has 19 heavy (non-hydrogen) atoms. The van der Waals surface area contributed by atoms with Crippen molar-refractivity contribution in [3.8, 4) is 0 Å². The Bertz CT molecular complexity index is 319. The molecule has 0 bridgehead atoms. The number of nitrogens with two attached hydrogens (primary N) is 1. The lowest BCUT2D eigenvalue weighted by atomic mass is 9.68. The minimum absolute atomic E-state index is 0.108. The summed E-state index contributed by atoms with van der Waals surface area (Å²) < 4.78 is 0. The van der Waals surface area contributed by atoms with Crippen LogP contribution in [0.25, 0.3) is 0 Å². The van der Waals surface area contributed by atoms with Crippen molar-refractivity contribution in [1.82, 2.24) is 5.32 Å². The molecule has 0 heterocycles. The summed E-state index contributed by atoms with van der Waals surface area (Å²) in [5, 5.41) is 3.34. The molecule has 110 valence electrons. The predicted molar refractivity (Wildman–Crippen MR) is 78.8 cm³/mol. The van der Waals surface area contributed by atoms with Gasteiger partial charge in [0.25, 0.3) is 0 Å². The minimum Gasteiger partial charge on any atom is -0.349 e. The van der Waals surface area contributed by atoms with Gasteiger partial charge in [0, 0.05) is 12.5 Å². The third-order valence-corrected chi connectivity index (χ3v) is 5.41. The molecule has 3 N–H and O–H groups in total. The van der Waals surface area contributed by atoms with Crippen LogP contribution in [0.1, 0.15) is 71.6 Å². The first-order chi connectivity index (χ1) is 8.99. The maximum Gasteiger partial charge on any atom is 0.224 e. The molecule has 0 saturated heterocycles. The second-order valence-electron chi connectivity index (χ2n) is 7.32. The van der Waals surface area contributed by atoms with Crippen molar-refractivity contribution in [3.63, 3.8) is 0 Å². The summed E-state index contributed by atoms with van der Waals surface area (Å²) in [6.07, 6.45) is 10.5. The van der Waals surface area contributed by atoms with Crippen LogP contribution >= 0.6 is 0 Å². The highest BCUT2D eigenvalue weighted by atomic mass is 16.2. The molecule has 2 rings (SSSR count). The van der Waals surface area contributed by atoms with Crippen molar-refractivity contribution >= 4 is 5.91 Å². The summed E-state index contributed by atoms with van der Waals surface area (Å²) in [6, 6.07) is 0. The second-order valence-corrected chi connectivity index (χ2v) is 7.32. The molecule has 2 aliphatic carbocycles. The van der Waals surface area contributed by atoms with E-state index in [2.05, 4.69) is 19.2 Å². The fourth-order valence-electron chi connectivity index (χ4n) is 3.94. The quantitative estimate of drug-likeness (QED) is 0.825. The Morgan fingerprint density at radius 1 is 1.11 bits per heavy atom. The van der Waals surface area contributed by atoms with Crippen molar-refractivity contribution < 1.29 is 4.79 Å². The van der Waals surface area contributed by atoms with Gasteiger partial charge in [0.15, 0.2) is 0 Å². The highest BCUT2D eigenvalue weighted by Gasteiger charge is 2.40. The fraction of sp³-hybridized carbons (Fsp3) is 0.938. The summed E-state index contributed by atoms with van der Waals surface area (Å²) in [5.74, 6) is 0.434. The molecule has 2 fully saturated rings. The average Bonchev–Trinajstić information content (AvgIpc) is 2.39. The van der Waals surface area contributed by atoms with E-state index in [0.29, 0.717) is 6.54 Å². The summed E-state index contributed by atoms with van der Waals surface area (Å²) in [6.45, 7) is 5.07. The van der Waals surface area contributed by atoms with E-state index in [-0.39, 0.29) is 22.8 Å². The van der Waals surface area contributed by atoms with E-state index in [1.165, 1.54) is 38.5 Å². The van der Waals surface area contributed by atoms with Crippen LogP contribution in [0.2, 0.25) is 0 Å². The molecule has 1 unspecified atom stereocenters. The molecular weight excluding hydrogens is 236 g/mol. The lowest BCUT2D eigenvalue weighted by Crippen LogP contribution is -2.57. The molecule has 0 aromatic carbocycles. The maximum absolute atomic E-state index is 12.7. The Labute approximate surface area is 117 Å². The van der Waals surface area contributed by atoms with Gasteiger partial charge in [-0.1, -0.05) is 46.0 Å². The third-order valence-electron chi connectivity index (χ3n) is 5.41. The second kappa shape index (κ2) is 5.82. The van der Waals surface area contributed by atoms with E-state index in [9.17, 15) is 4.79 Å². The van der Waals surface area contributed by atoms with Crippen molar-refractivity contribution in [1.29, 1.82) is 0 Å². The third kappa shape index (κ3) is 3.31. The van der Waals surface area contributed by atoms with Gasteiger partial charge in [-0.15, -0.1) is 0 Å². The van der Waals surface area contributed by atoms with Gasteiger partial charge in [-0.05, 0) is 31.1 Å². The lowest BCUT2D eigenvalue weighted by molar-refractivity contribution is -0.132. The average molecular weight is 266 g/mol. The van der Waals surface area contributed by atoms with Crippen LogP contribution in [-0.2, 0) is 4.79 Å². The molecule has 0 aromatic rings. The summed E-state index contributed by atoms with van der Waals surface area (Å²) in [4.78, 5) is 12.7. The van der Waals surface area contributed by atoms with Crippen LogP contribution in [-0.4, -0.2) is 18.0 Å². The van der Waals surface area contributed by atoms with Crippen molar-refractivity contribution in [3.05, 3.63) is 0 Å². The molecule has 2 saturated carbocycles. The van der Waals surface area contributed by atoms with Gasteiger partial charge in [0.1, 0.15) is 0 Å². The van der Waals surface area contributed by atoms with Gasteiger partial charge in [0.2, 0.25) is 5.91 Å². The first-order valence-corrected chi connectivity index (χ1v) is 8.01. The normalized spacial score (nSPS) is 29.7. The molecule has 0 aromatic heterocycles. The zero-order valence-corrected chi connectivity index (χ0v) is 12.6. The summed E-state index contributed by atoms with van der Waals surface area (Å²) >= 11 is 0. The van der Waals surface area contributed by atoms with Crippen LogP contribution in [0.4, 0.5) is 0 Å². The predicted octanol–water partition coefficient (Wildman–Crippen LogP) is 2.98. The van der Waals surface area contributed by atoms with Gasteiger partial charge in [0.05, 0.1) is 5.54 Å². The SMILES string of the molecule is CC1(C)CCCCC1C(=O)NC1(CN)CCCCC1. The van der Waals surface area contributed by atoms with Crippen LogP contribution in [0.5, 0.6) is 0 Å².